The normalized spacial score (nSPS) is 21.8. The number of amides is 1. The van der Waals surface area contributed by atoms with E-state index < -0.39 is 0 Å². The zero-order valence-corrected chi connectivity index (χ0v) is 14.9. The molecule has 2 atom stereocenters. The topological polar surface area (TPSA) is 53.6 Å². The van der Waals surface area contributed by atoms with Gasteiger partial charge in [0.15, 0.2) is 0 Å². The van der Waals surface area contributed by atoms with Crippen LogP contribution in [0, 0.1) is 11.8 Å². The molecule has 0 aliphatic carbocycles. The molecule has 1 aromatic carbocycles. The fourth-order valence-corrected chi connectivity index (χ4v) is 3.57. The van der Waals surface area contributed by atoms with Crippen LogP contribution in [0.2, 0.25) is 5.02 Å². The van der Waals surface area contributed by atoms with Gasteiger partial charge in [0.2, 0.25) is 5.91 Å². The third-order valence-electron chi connectivity index (χ3n) is 5.15. The number of hydrogen-bond acceptors (Lipinski definition) is 4. The summed E-state index contributed by atoms with van der Waals surface area (Å²) in [5.74, 6) is 0.627. The number of carbonyl (C=O) groups is 1. The Balaban J connectivity index is 1.67. The molecule has 0 radical (unpaired) electrons. The van der Waals surface area contributed by atoms with Crippen LogP contribution in [0.3, 0.4) is 0 Å². The number of rotatable bonds is 6. The van der Waals surface area contributed by atoms with E-state index >= 15 is 0 Å². The summed E-state index contributed by atoms with van der Waals surface area (Å²) in [6, 6.07) is 7.98. The molecule has 24 heavy (non-hydrogen) atoms. The second-order valence-corrected chi connectivity index (χ2v) is 7.05. The number of carbonyl (C=O) groups excluding carboxylic acids is 1. The van der Waals surface area contributed by atoms with Crippen LogP contribution in [0.4, 0.5) is 0 Å². The minimum Gasteiger partial charge on any atom is -0.379 e. The van der Waals surface area contributed by atoms with E-state index in [9.17, 15) is 4.79 Å². The molecule has 3 rings (SSSR count). The van der Waals surface area contributed by atoms with E-state index in [4.69, 9.17) is 16.3 Å². The summed E-state index contributed by atoms with van der Waals surface area (Å²) >= 11 is 6.42. The van der Waals surface area contributed by atoms with E-state index in [2.05, 4.69) is 15.5 Å². The smallest absolute Gasteiger partial charge is 0.223 e. The van der Waals surface area contributed by atoms with Gasteiger partial charge in [-0.25, -0.2) is 0 Å². The molecule has 2 unspecified atom stereocenters. The zero-order chi connectivity index (χ0) is 16.9. The van der Waals surface area contributed by atoms with Crippen LogP contribution in [0.1, 0.15) is 18.5 Å². The van der Waals surface area contributed by atoms with Gasteiger partial charge in [0.05, 0.1) is 19.3 Å². The standard InChI is InChI=1S/C18H26ClN3O2/c1-13(14-10-20-11-14)18(23)21-12-17(22-6-8-24-9-7-22)15-4-2-3-5-16(15)19/h2-5,13-14,17,20H,6-12H2,1H3,(H,21,23). The average molecular weight is 352 g/mol. The molecule has 2 saturated heterocycles. The highest BCUT2D eigenvalue weighted by Gasteiger charge is 2.30. The van der Waals surface area contributed by atoms with E-state index in [1.165, 1.54) is 0 Å². The third-order valence-corrected chi connectivity index (χ3v) is 5.50. The van der Waals surface area contributed by atoms with Crippen LogP contribution in [-0.4, -0.2) is 56.7 Å². The zero-order valence-electron chi connectivity index (χ0n) is 14.1. The molecule has 2 N–H and O–H groups in total. The summed E-state index contributed by atoms with van der Waals surface area (Å²) in [6.45, 7) is 7.62. The molecule has 0 saturated carbocycles. The number of morpholine rings is 1. The van der Waals surface area contributed by atoms with Gasteiger partial charge >= 0.3 is 0 Å². The van der Waals surface area contributed by atoms with E-state index in [1.807, 2.05) is 31.2 Å². The maximum Gasteiger partial charge on any atom is 0.223 e. The summed E-state index contributed by atoms with van der Waals surface area (Å²) in [5.41, 5.74) is 1.07. The van der Waals surface area contributed by atoms with Gasteiger partial charge < -0.3 is 15.4 Å². The maximum absolute atomic E-state index is 12.5. The van der Waals surface area contributed by atoms with Crippen molar-refractivity contribution in [2.75, 3.05) is 45.9 Å². The van der Waals surface area contributed by atoms with Crippen LogP contribution in [0.25, 0.3) is 0 Å². The van der Waals surface area contributed by atoms with Crippen molar-refractivity contribution in [1.29, 1.82) is 0 Å². The van der Waals surface area contributed by atoms with Gasteiger partial charge in [0.1, 0.15) is 0 Å². The number of hydrogen-bond donors (Lipinski definition) is 2. The monoisotopic (exact) mass is 351 g/mol. The van der Waals surface area contributed by atoms with Gasteiger partial charge in [0, 0.05) is 30.6 Å². The molecule has 2 heterocycles. The maximum atomic E-state index is 12.5. The minimum absolute atomic E-state index is 0.0443. The van der Waals surface area contributed by atoms with E-state index in [0.29, 0.717) is 12.5 Å². The second-order valence-electron chi connectivity index (χ2n) is 6.64. The van der Waals surface area contributed by atoms with Crippen molar-refractivity contribution in [3.8, 4) is 0 Å². The van der Waals surface area contributed by atoms with Crippen molar-refractivity contribution >= 4 is 17.5 Å². The molecule has 0 bridgehead atoms. The number of nitrogens with one attached hydrogen (secondary N) is 2. The number of halogens is 1. The molecule has 1 amide bonds. The van der Waals surface area contributed by atoms with E-state index in [0.717, 1.165) is 50.0 Å². The molecular formula is C18H26ClN3O2. The van der Waals surface area contributed by atoms with Gasteiger partial charge in [0.25, 0.3) is 0 Å². The molecule has 5 nitrogen and oxygen atoms in total. The third kappa shape index (κ3) is 4.09. The minimum atomic E-state index is 0.0443. The van der Waals surface area contributed by atoms with Crippen LogP contribution in [0.15, 0.2) is 24.3 Å². The first-order chi connectivity index (χ1) is 11.7. The lowest BCUT2D eigenvalue weighted by Gasteiger charge is -2.36. The molecule has 2 aliphatic heterocycles. The van der Waals surface area contributed by atoms with Crippen molar-refractivity contribution in [3.63, 3.8) is 0 Å². The molecule has 0 aromatic heterocycles. The molecule has 2 aliphatic rings. The van der Waals surface area contributed by atoms with Crippen molar-refractivity contribution in [2.45, 2.75) is 13.0 Å². The molecule has 1 aromatic rings. The number of ether oxygens (including phenoxy) is 1. The van der Waals surface area contributed by atoms with Gasteiger partial charge in [-0.1, -0.05) is 36.7 Å². The Kier molecular flexibility index (Phi) is 6.11. The lowest BCUT2D eigenvalue weighted by molar-refractivity contribution is -0.127. The van der Waals surface area contributed by atoms with Gasteiger partial charge in [-0.05, 0) is 30.6 Å². The lowest BCUT2D eigenvalue weighted by Crippen LogP contribution is -2.51. The van der Waals surface area contributed by atoms with Crippen molar-refractivity contribution in [3.05, 3.63) is 34.9 Å². The highest BCUT2D eigenvalue weighted by molar-refractivity contribution is 6.31. The Morgan fingerprint density at radius 1 is 1.38 bits per heavy atom. The van der Waals surface area contributed by atoms with Gasteiger partial charge in [-0.2, -0.15) is 0 Å². The fraction of sp³-hybridized carbons (Fsp3) is 0.611. The average Bonchev–Trinajstić information content (AvgIpc) is 2.55. The van der Waals surface area contributed by atoms with Crippen LogP contribution < -0.4 is 10.6 Å². The highest BCUT2D eigenvalue weighted by Crippen LogP contribution is 2.28. The summed E-state index contributed by atoms with van der Waals surface area (Å²) in [7, 11) is 0. The predicted molar refractivity (Wildman–Crippen MR) is 95.1 cm³/mol. The summed E-state index contributed by atoms with van der Waals surface area (Å²) in [5, 5.41) is 7.12. The highest BCUT2D eigenvalue weighted by atomic mass is 35.5. The molecular weight excluding hydrogens is 326 g/mol. The Hall–Kier alpha value is -1.14. The Labute approximate surface area is 148 Å². The first-order valence-corrected chi connectivity index (χ1v) is 9.09. The van der Waals surface area contributed by atoms with Gasteiger partial charge in [-0.3, -0.25) is 9.69 Å². The predicted octanol–water partition coefficient (Wildman–Crippen LogP) is 1.69. The van der Waals surface area contributed by atoms with Crippen molar-refractivity contribution in [1.82, 2.24) is 15.5 Å². The Bertz CT molecular complexity index is 559. The van der Waals surface area contributed by atoms with Crippen LogP contribution in [0.5, 0.6) is 0 Å². The summed E-state index contributed by atoms with van der Waals surface area (Å²) < 4.78 is 5.46. The summed E-state index contributed by atoms with van der Waals surface area (Å²) in [4.78, 5) is 14.8. The van der Waals surface area contributed by atoms with Gasteiger partial charge in [-0.15, -0.1) is 0 Å². The SMILES string of the molecule is CC(C(=O)NCC(c1ccccc1Cl)N1CCOCC1)C1CNC1. The van der Waals surface area contributed by atoms with Crippen LogP contribution in [-0.2, 0) is 9.53 Å². The number of benzene rings is 1. The lowest BCUT2D eigenvalue weighted by atomic mass is 9.88. The molecule has 132 valence electrons. The van der Waals surface area contributed by atoms with E-state index in [-0.39, 0.29) is 17.9 Å². The largest absolute Gasteiger partial charge is 0.379 e. The van der Waals surface area contributed by atoms with Crippen LogP contribution >= 0.6 is 11.6 Å². The second kappa shape index (κ2) is 8.30. The Morgan fingerprint density at radius 2 is 2.08 bits per heavy atom. The van der Waals surface area contributed by atoms with Crippen molar-refractivity contribution < 1.29 is 9.53 Å². The molecule has 2 fully saturated rings. The van der Waals surface area contributed by atoms with Crippen molar-refractivity contribution in [2.24, 2.45) is 11.8 Å². The molecule has 6 heteroatoms. The quantitative estimate of drug-likeness (QED) is 0.819. The fourth-order valence-electron chi connectivity index (χ4n) is 3.31. The van der Waals surface area contributed by atoms with E-state index in [1.54, 1.807) is 0 Å². The Morgan fingerprint density at radius 3 is 2.71 bits per heavy atom. The summed E-state index contributed by atoms with van der Waals surface area (Å²) in [6.07, 6.45) is 0. The first-order valence-electron chi connectivity index (χ1n) is 8.71. The number of nitrogens with zero attached hydrogens (tertiary/aromatic N) is 1. The molecule has 0 spiro atoms. The first kappa shape index (κ1) is 17.7.